The Balaban J connectivity index is 2.30. The Morgan fingerprint density at radius 2 is 1.45 bits per heavy atom. The van der Waals surface area contributed by atoms with Crippen molar-refractivity contribution in [3.8, 4) is 5.75 Å². The van der Waals surface area contributed by atoms with Gasteiger partial charge in [-0.15, -0.1) is 5.48 Å². The molecule has 1 N–H and O–H groups in total. The van der Waals surface area contributed by atoms with Crippen LogP contribution in [0.2, 0.25) is 0 Å². The Hall–Kier alpha value is -1.02. The molecule has 0 spiro atoms. The van der Waals surface area contributed by atoms with Crippen molar-refractivity contribution < 1.29 is 4.84 Å². The smallest absolute Gasteiger partial charge is 0.155 e. The summed E-state index contributed by atoms with van der Waals surface area (Å²) in [4.78, 5) is 6.32. The van der Waals surface area contributed by atoms with Crippen LogP contribution in [-0.4, -0.2) is 0 Å². The maximum Gasteiger partial charge on any atom is 0.155 e. The third-order valence-electron chi connectivity index (χ3n) is 8.55. The number of nitrogens with one attached hydrogen (secondary N) is 1. The molecule has 1 heterocycles. The first-order valence-corrected chi connectivity index (χ1v) is 14.3. The quantitative estimate of drug-likeness (QED) is 0.265. The number of hydrogen-bond donors (Lipinski definition) is 1. The summed E-state index contributed by atoms with van der Waals surface area (Å²) in [7, 11) is 0. The highest BCUT2D eigenvalue weighted by atomic mass is 16.7. The number of benzene rings is 1. The van der Waals surface area contributed by atoms with Crippen molar-refractivity contribution in [1.82, 2.24) is 5.48 Å². The number of hydrogen-bond acceptors (Lipinski definition) is 2. The van der Waals surface area contributed by atoms with E-state index < -0.39 is 0 Å². The monoisotopic (exact) mass is 457 g/mol. The van der Waals surface area contributed by atoms with Crippen LogP contribution in [0.4, 0.5) is 0 Å². The molecule has 0 saturated heterocycles. The van der Waals surface area contributed by atoms with Gasteiger partial charge in [-0.2, -0.15) is 0 Å². The fourth-order valence-corrected chi connectivity index (χ4v) is 5.79. The first kappa shape index (κ1) is 28.2. The Labute approximate surface area is 206 Å². The predicted molar refractivity (Wildman–Crippen MR) is 145 cm³/mol. The van der Waals surface area contributed by atoms with Crippen LogP contribution >= 0.6 is 0 Å². The Morgan fingerprint density at radius 1 is 0.818 bits per heavy atom. The van der Waals surface area contributed by atoms with Crippen LogP contribution in [0.15, 0.2) is 12.1 Å². The second-order valence-electron chi connectivity index (χ2n) is 11.9. The molecule has 0 amide bonds. The minimum absolute atomic E-state index is 0.0420. The van der Waals surface area contributed by atoms with Crippen LogP contribution in [0, 0.1) is 5.41 Å². The number of rotatable bonds is 15. The number of fused-ring (bicyclic) bond motifs is 1. The minimum Gasteiger partial charge on any atom is -0.407 e. The van der Waals surface area contributed by atoms with Gasteiger partial charge in [-0.1, -0.05) is 126 Å². The predicted octanol–water partition coefficient (Wildman–Crippen LogP) is 9.78. The highest BCUT2D eigenvalue weighted by Crippen LogP contribution is 2.48. The van der Waals surface area contributed by atoms with E-state index in [0.29, 0.717) is 5.41 Å². The maximum absolute atomic E-state index is 6.32. The second kappa shape index (κ2) is 12.6. The lowest BCUT2D eigenvalue weighted by Gasteiger charge is -2.34. The maximum atomic E-state index is 6.32. The molecule has 1 aliphatic heterocycles. The molecule has 2 rings (SSSR count). The molecule has 0 aliphatic carbocycles. The largest absolute Gasteiger partial charge is 0.407 e. The Morgan fingerprint density at radius 3 is 2.00 bits per heavy atom. The number of unbranched alkanes of at least 4 members (excludes halogenated alkanes) is 6. The van der Waals surface area contributed by atoms with E-state index in [4.69, 9.17) is 4.84 Å². The zero-order valence-corrected chi connectivity index (χ0v) is 23.5. The van der Waals surface area contributed by atoms with Gasteiger partial charge in [0.1, 0.15) is 0 Å². The van der Waals surface area contributed by atoms with Gasteiger partial charge in [0.25, 0.3) is 0 Å². The van der Waals surface area contributed by atoms with E-state index in [1.807, 2.05) is 0 Å². The molecular weight excluding hydrogens is 402 g/mol. The van der Waals surface area contributed by atoms with E-state index >= 15 is 0 Å². The molecule has 190 valence electrons. The van der Waals surface area contributed by atoms with E-state index in [2.05, 4.69) is 73.0 Å². The van der Waals surface area contributed by atoms with E-state index in [-0.39, 0.29) is 11.0 Å². The summed E-state index contributed by atoms with van der Waals surface area (Å²) < 4.78 is 0. The first-order chi connectivity index (χ1) is 15.7. The van der Waals surface area contributed by atoms with Crippen LogP contribution in [0.5, 0.6) is 5.75 Å². The van der Waals surface area contributed by atoms with Crippen molar-refractivity contribution in [1.29, 1.82) is 0 Å². The van der Waals surface area contributed by atoms with Gasteiger partial charge in [0.2, 0.25) is 0 Å². The molecule has 1 aromatic carbocycles. The molecule has 0 fully saturated rings. The molecule has 0 saturated carbocycles. The second-order valence-corrected chi connectivity index (χ2v) is 11.9. The molecule has 0 aromatic heterocycles. The van der Waals surface area contributed by atoms with Gasteiger partial charge >= 0.3 is 0 Å². The summed E-state index contributed by atoms with van der Waals surface area (Å²) in [5.74, 6) is 1.14. The molecule has 1 atom stereocenters. The zero-order chi connectivity index (χ0) is 24.5. The lowest BCUT2D eigenvalue weighted by molar-refractivity contribution is 0.115. The molecule has 1 aliphatic rings. The lowest BCUT2D eigenvalue weighted by Crippen LogP contribution is -2.38. The third kappa shape index (κ3) is 7.00. The molecule has 1 unspecified atom stereocenters. The first-order valence-electron chi connectivity index (χ1n) is 14.3. The Bertz CT molecular complexity index is 712. The third-order valence-corrected chi connectivity index (χ3v) is 8.55. The van der Waals surface area contributed by atoms with Gasteiger partial charge in [-0.3, -0.25) is 0 Å². The van der Waals surface area contributed by atoms with Crippen molar-refractivity contribution >= 4 is 0 Å². The van der Waals surface area contributed by atoms with Gasteiger partial charge in [-0.25, -0.2) is 0 Å². The van der Waals surface area contributed by atoms with E-state index in [0.717, 1.165) is 31.4 Å². The normalized spacial score (nSPS) is 18.4. The Kier molecular flexibility index (Phi) is 10.8. The van der Waals surface area contributed by atoms with Crippen LogP contribution in [0.25, 0.3) is 0 Å². The van der Waals surface area contributed by atoms with Gasteiger partial charge in [0.05, 0.1) is 5.54 Å². The van der Waals surface area contributed by atoms with Gasteiger partial charge < -0.3 is 4.84 Å². The summed E-state index contributed by atoms with van der Waals surface area (Å²) >= 11 is 0. The summed E-state index contributed by atoms with van der Waals surface area (Å²) in [6.07, 6.45) is 18.0. The molecule has 0 bridgehead atoms. The number of hydroxylamine groups is 1. The average molecular weight is 458 g/mol. The van der Waals surface area contributed by atoms with Gasteiger partial charge in [-0.05, 0) is 53.7 Å². The van der Waals surface area contributed by atoms with Crippen LogP contribution < -0.4 is 10.3 Å². The summed E-state index contributed by atoms with van der Waals surface area (Å²) in [5.41, 5.74) is 8.27. The van der Waals surface area contributed by atoms with Crippen molar-refractivity contribution in [2.45, 2.75) is 156 Å². The molecule has 2 nitrogen and oxygen atoms in total. The summed E-state index contributed by atoms with van der Waals surface area (Å²) in [5, 5.41) is 0. The molecular formula is C31H55NO. The van der Waals surface area contributed by atoms with Crippen LogP contribution in [0.1, 0.15) is 156 Å². The van der Waals surface area contributed by atoms with Crippen molar-refractivity contribution in [2.75, 3.05) is 0 Å². The van der Waals surface area contributed by atoms with E-state index in [9.17, 15) is 0 Å². The van der Waals surface area contributed by atoms with Crippen LogP contribution in [-0.2, 0) is 17.4 Å². The summed E-state index contributed by atoms with van der Waals surface area (Å²) in [6.45, 7) is 18.7. The lowest BCUT2D eigenvalue weighted by atomic mass is 9.71. The molecule has 33 heavy (non-hydrogen) atoms. The van der Waals surface area contributed by atoms with E-state index in [1.54, 1.807) is 0 Å². The van der Waals surface area contributed by atoms with Crippen molar-refractivity contribution in [3.63, 3.8) is 0 Å². The van der Waals surface area contributed by atoms with Gasteiger partial charge in [0, 0.05) is 5.56 Å². The van der Waals surface area contributed by atoms with Crippen molar-refractivity contribution in [2.24, 2.45) is 5.41 Å². The fraction of sp³-hybridized carbons (Fsp3) is 0.806. The van der Waals surface area contributed by atoms with E-state index in [1.165, 1.54) is 80.9 Å². The van der Waals surface area contributed by atoms with Crippen LogP contribution in [0.3, 0.4) is 0 Å². The zero-order valence-electron chi connectivity index (χ0n) is 23.5. The molecule has 0 radical (unpaired) electrons. The molecule has 2 heteroatoms. The molecule has 1 aromatic rings. The highest BCUT2D eigenvalue weighted by Gasteiger charge is 2.41. The topological polar surface area (TPSA) is 21.3 Å². The summed E-state index contributed by atoms with van der Waals surface area (Å²) in [6, 6.07) is 4.93. The average Bonchev–Trinajstić information content (AvgIpc) is 3.16. The SMILES string of the molecule is CCCCCCCCCC(CC)(CC)Cc1cc(C(C)(C)C)cc2c1ONC2(CC)CCC. The highest BCUT2D eigenvalue weighted by molar-refractivity contribution is 5.52. The minimum atomic E-state index is -0.0420. The standard InChI is InChI=1S/C31H55NO/c1-9-14-15-16-17-18-19-21-30(11-3,12-4)24-25-22-26(29(6,7)8)23-27-28(25)33-32-31(27,13-5)20-10-2/h22-23,32H,9-21,24H2,1-8H3. The van der Waals surface area contributed by atoms with Gasteiger partial charge in [0.15, 0.2) is 5.75 Å². The van der Waals surface area contributed by atoms with Crippen molar-refractivity contribution in [3.05, 3.63) is 28.8 Å². The fourth-order valence-electron chi connectivity index (χ4n) is 5.79.